The Hall–Kier alpha value is 0.354. The van der Waals surface area contributed by atoms with Crippen molar-refractivity contribution in [1.29, 1.82) is 0 Å². The molecule has 0 bridgehead atoms. The molecule has 86 valence electrons. The lowest BCUT2D eigenvalue weighted by molar-refractivity contribution is 0.343. The highest BCUT2D eigenvalue weighted by Crippen LogP contribution is 2.18. The Bertz CT molecular complexity index is 104. The summed E-state index contributed by atoms with van der Waals surface area (Å²) in [6, 6.07) is 1.35. The average Bonchev–Trinajstić information content (AvgIpc) is 2.21. The minimum absolute atomic E-state index is 0.237. The van der Waals surface area contributed by atoms with Crippen LogP contribution in [0.4, 0.5) is 0 Å². The molecule has 1 unspecified atom stereocenters. The van der Waals surface area contributed by atoms with E-state index in [2.05, 4.69) is 20.8 Å². The van der Waals surface area contributed by atoms with Crippen LogP contribution in [0, 0.1) is 0 Å². The number of rotatable bonds is 10. The minimum Gasteiger partial charge on any atom is -0.424 e. The summed E-state index contributed by atoms with van der Waals surface area (Å²) in [6.07, 6.45) is 4.06. The van der Waals surface area contributed by atoms with Gasteiger partial charge in [-0.2, -0.15) is 0 Å². The highest BCUT2D eigenvalue weighted by molar-refractivity contribution is 6.36. The zero-order valence-electron chi connectivity index (χ0n) is 10.1. The molecule has 2 nitrogen and oxygen atoms in total. The average molecular weight is 234 g/mol. The Labute approximate surface area is 93.6 Å². The highest BCUT2D eigenvalue weighted by Gasteiger charge is 2.09. The van der Waals surface area contributed by atoms with Crippen LogP contribution in [-0.4, -0.2) is 32.7 Å². The highest BCUT2D eigenvalue weighted by atomic mass is 28.2. The van der Waals surface area contributed by atoms with E-state index in [-0.39, 0.29) is 19.5 Å². The molecule has 0 radical (unpaired) electrons. The van der Waals surface area contributed by atoms with Crippen LogP contribution in [0.15, 0.2) is 0 Å². The lowest BCUT2D eigenvalue weighted by atomic mass is 10.2. The first-order chi connectivity index (χ1) is 6.85. The summed E-state index contributed by atoms with van der Waals surface area (Å²) in [5.74, 6) is 0. The summed E-state index contributed by atoms with van der Waals surface area (Å²) in [6.45, 7) is 8.27. The number of hydrogen-bond acceptors (Lipinski definition) is 2. The molecule has 0 N–H and O–H groups in total. The van der Waals surface area contributed by atoms with Crippen LogP contribution >= 0.6 is 0 Å². The Morgan fingerprint density at radius 1 is 1.07 bits per heavy atom. The third kappa shape index (κ3) is 8.93. The molecule has 4 heteroatoms. The second-order valence-electron chi connectivity index (χ2n) is 3.65. The van der Waals surface area contributed by atoms with Crippen LogP contribution in [0.1, 0.15) is 40.0 Å². The van der Waals surface area contributed by atoms with Crippen molar-refractivity contribution in [3.63, 3.8) is 0 Å². The van der Waals surface area contributed by atoms with Crippen molar-refractivity contribution < 1.29 is 8.85 Å². The maximum atomic E-state index is 5.63. The van der Waals surface area contributed by atoms with Crippen molar-refractivity contribution in [2.24, 2.45) is 0 Å². The molecular formula is C10H26O2Si2. The standard InChI is InChI=1S/C10H26O2Si2/c1-4-7-8-10(14-12-6-3)9-13-11-5-2/h10H,4-9,13-14H2,1-3H3. The van der Waals surface area contributed by atoms with Crippen LogP contribution in [-0.2, 0) is 8.85 Å². The molecule has 14 heavy (non-hydrogen) atoms. The molecule has 0 aromatic heterocycles. The van der Waals surface area contributed by atoms with Gasteiger partial charge in [0.15, 0.2) is 19.5 Å². The van der Waals surface area contributed by atoms with Gasteiger partial charge < -0.3 is 8.85 Å². The van der Waals surface area contributed by atoms with E-state index in [1.807, 2.05) is 0 Å². The van der Waals surface area contributed by atoms with Gasteiger partial charge in [0.2, 0.25) is 0 Å². The van der Waals surface area contributed by atoms with Gasteiger partial charge in [0.25, 0.3) is 0 Å². The zero-order valence-corrected chi connectivity index (χ0v) is 12.9. The monoisotopic (exact) mass is 234 g/mol. The van der Waals surface area contributed by atoms with Crippen molar-refractivity contribution in [3.8, 4) is 0 Å². The molecule has 1 atom stereocenters. The van der Waals surface area contributed by atoms with Gasteiger partial charge >= 0.3 is 0 Å². The minimum atomic E-state index is -0.268. The quantitative estimate of drug-likeness (QED) is 0.422. The van der Waals surface area contributed by atoms with E-state index in [0.29, 0.717) is 0 Å². The molecule has 0 fully saturated rings. The number of hydrogen-bond donors (Lipinski definition) is 0. The first kappa shape index (κ1) is 14.4. The largest absolute Gasteiger partial charge is 0.424 e. The third-order valence-electron chi connectivity index (χ3n) is 2.40. The summed E-state index contributed by atoms with van der Waals surface area (Å²) in [5, 5.41) is 0. The van der Waals surface area contributed by atoms with Gasteiger partial charge in [-0.25, -0.2) is 0 Å². The Kier molecular flexibility index (Phi) is 11.7. The molecule has 0 saturated carbocycles. The van der Waals surface area contributed by atoms with E-state index in [9.17, 15) is 0 Å². The molecule has 0 amide bonds. The lowest BCUT2D eigenvalue weighted by Crippen LogP contribution is -2.12. The van der Waals surface area contributed by atoms with E-state index in [4.69, 9.17) is 8.85 Å². The molecule has 0 aromatic rings. The molecule has 0 rings (SSSR count). The van der Waals surface area contributed by atoms with Gasteiger partial charge in [-0.1, -0.05) is 26.2 Å². The van der Waals surface area contributed by atoms with E-state index in [1.165, 1.54) is 25.3 Å². The van der Waals surface area contributed by atoms with Crippen LogP contribution < -0.4 is 0 Å². The molecular weight excluding hydrogens is 208 g/mol. The summed E-state index contributed by atoms with van der Waals surface area (Å²) in [4.78, 5) is 0. The second kappa shape index (κ2) is 11.4. The van der Waals surface area contributed by atoms with E-state index < -0.39 is 0 Å². The fourth-order valence-electron chi connectivity index (χ4n) is 1.48. The molecule has 0 aliphatic carbocycles. The number of unbranched alkanes of at least 4 members (excludes halogenated alkanes) is 1. The van der Waals surface area contributed by atoms with Crippen molar-refractivity contribution in [3.05, 3.63) is 0 Å². The SMILES string of the molecule is CCCCC(C[SiH2]OCC)[SiH2]OCC. The molecule has 0 aliphatic heterocycles. The fraction of sp³-hybridized carbons (Fsp3) is 1.00. The third-order valence-corrected chi connectivity index (χ3v) is 6.90. The maximum Gasteiger partial charge on any atom is 0.164 e. The van der Waals surface area contributed by atoms with Gasteiger partial charge in [0.1, 0.15) is 0 Å². The van der Waals surface area contributed by atoms with Crippen LogP contribution in [0.5, 0.6) is 0 Å². The van der Waals surface area contributed by atoms with Crippen LogP contribution in [0.2, 0.25) is 11.6 Å². The predicted molar refractivity (Wildman–Crippen MR) is 68.4 cm³/mol. The zero-order chi connectivity index (χ0) is 10.6. The summed E-state index contributed by atoms with van der Waals surface area (Å²) in [5.41, 5.74) is 0.896. The van der Waals surface area contributed by atoms with Crippen molar-refractivity contribution in [1.82, 2.24) is 0 Å². The Balaban J connectivity index is 3.49. The smallest absolute Gasteiger partial charge is 0.164 e. The van der Waals surface area contributed by atoms with Crippen molar-refractivity contribution >= 4 is 19.5 Å². The fourth-order valence-corrected chi connectivity index (χ4v) is 4.75. The van der Waals surface area contributed by atoms with E-state index in [0.717, 1.165) is 18.8 Å². The molecule has 0 heterocycles. The van der Waals surface area contributed by atoms with Gasteiger partial charge in [-0.3, -0.25) is 0 Å². The van der Waals surface area contributed by atoms with E-state index >= 15 is 0 Å². The van der Waals surface area contributed by atoms with E-state index in [1.54, 1.807) is 0 Å². The first-order valence-corrected chi connectivity index (χ1v) is 8.97. The van der Waals surface area contributed by atoms with Gasteiger partial charge in [0.05, 0.1) is 0 Å². The molecule has 0 aliphatic rings. The Morgan fingerprint density at radius 2 is 1.79 bits per heavy atom. The summed E-state index contributed by atoms with van der Waals surface area (Å²) >= 11 is 0. The topological polar surface area (TPSA) is 18.5 Å². The Morgan fingerprint density at radius 3 is 2.36 bits per heavy atom. The summed E-state index contributed by atoms with van der Waals surface area (Å²) < 4.78 is 11.2. The van der Waals surface area contributed by atoms with Crippen LogP contribution in [0.3, 0.4) is 0 Å². The predicted octanol–water partition coefficient (Wildman–Crippen LogP) is 1.62. The molecule has 0 spiro atoms. The molecule has 0 saturated heterocycles. The van der Waals surface area contributed by atoms with Crippen molar-refractivity contribution in [2.75, 3.05) is 13.2 Å². The molecule has 0 aromatic carbocycles. The van der Waals surface area contributed by atoms with Crippen molar-refractivity contribution in [2.45, 2.75) is 51.6 Å². The van der Waals surface area contributed by atoms with Gasteiger partial charge in [0, 0.05) is 13.2 Å². The van der Waals surface area contributed by atoms with Crippen LogP contribution in [0.25, 0.3) is 0 Å². The van der Waals surface area contributed by atoms with Gasteiger partial charge in [-0.05, 0) is 25.4 Å². The van der Waals surface area contributed by atoms with Gasteiger partial charge in [-0.15, -0.1) is 0 Å². The summed E-state index contributed by atoms with van der Waals surface area (Å²) in [7, 11) is -0.506. The first-order valence-electron chi connectivity index (χ1n) is 6.00. The lowest BCUT2D eigenvalue weighted by Gasteiger charge is -2.14. The second-order valence-corrected chi connectivity index (χ2v) is 6.94. The maximum absolute atomic E-state index is 5.63. The normalized spacial score (nSPS) is 14.8.